The Balaban J connectivity index is 1.23. The summed E-state index contributed by atoms with van der Waals surface area (Å²) in [4.78, 5) is 29.2. The van der Waals surface area contributed by atoms with Crippen LogP contribution >= 0.6 is 0 Å². The van der Waals surface area contributed by atoms with Gasteiger partial charge >= 0.3 is 5.97 Å². The van der Waals surface area contributed by atoms with E-state index in [1.807, 2.05) is 24.3 Å². The molecule has 0 radical (unpaired) electrons. The highest BCUT2D eigenvalue weighted by Gasteiger charge is 2.27. The second-order valence-corrected chi connectivity index (χ2v) is 7.87. The lowest BCUT2D eigenvalue weighted by Crippen LogP contribution is -2.51. The molecule has 0 aliphatic carbocycles. The summed E-state index contributed by atoms with van der Waals surface area (Å²) in [5, 5.41) is 0. The maximum absolute atomic E-state index is 12.7. The second-order valence-electron chi connectivity index (χ2n) is 7.87. The summed E-state index contributed by atoms with van der Waals surface area (Å²) in [5.74, 6) is 0.738. The van der Waals surface area contributed by atoms with Gasteiger partial charge in [-0.2, -0.15) is 0 Å². The van der Waals surface area contributed by atoms with Crippen molar-refractivity contribution in [1.29, 1.82) is 0 Å². The van der Waals surface area contributed by atoms with Crippen molar-refractivity contribution in [1.82, 2.24) is 9.80 Å². The fourth-order valence-corrected chi connectivity index (χ4v) is 3.88. The monoisotopic (exact) mass is 424 g/mol. The molecule has 4 rings (SSSR count). The average molecular weight is 424 g/mol. The zero-order valence-corrected chi connectivity index (χ0v) is 17.8. The molecule has 7 nitrogen and oxygen atoms in total. The van der Waals surface area contributed by atoms with Crippen LogP contribution in [0.2, 0.25) is 0 Å². The summed E-state index contributed by atoms with van der Waals surface area (Å²) in [5.41, 5.74) is 2.03. The van der Waals surface area contributed by atoms with E-state index < -0.39 is 12.1 Å². The maximum Gasteiger partial charge on any atom is 0.311 e. The van der Waals surface area contributed by atoms with Crippen LogP contribution < -0.4 is 9.47 Å². The third-order valence-electron chi connectivity index (χ3n) is 5.54. The SMILES string of the molecule is CC(OC(=O)Cc1ccc2c(c1)OCCO2)C(=O)N1CCN(Cc2ccccc2)CC1. The van der Waals surface area contributed by atoms with E-state index in [-0.39, 0.29) is 12.3 Å². The van der Waals surface area contributed by atoms with Crippen LogP contribution in [0.5, 0.6) is 11.5 Å². The highest BCUT2D eigenvalue weighted by molar-refractivity contribution is 5.84. The Bertz CT molecular complexity index is 909. The van der Waals surface area contributed by atoms with Gasteiger partial charge in [0, 0.05) is 32.7 Å². The third-order valence-corrected chi connectivity index (χ3v) is 5.54. The molecule has 1 fully saturated rings. The summed E-state index contributed by atoms with van der Waals surface area (Å²) in [6.45, 7) is 6.41. The van der Waals surface area contributed by atoms with E-state index in [1.54, 1.807) is 24.0 Å². The van der Waals surface area contributed by atoms with E-state index >= 15 is 0 Å². The maximum atomic E-state index is 12.7. The van der Waals surface area contributed by atoms with Gasteiger partial charge in [-0.05, 0) is 30.2 Å². The Hall–Kier alpha value is -3.06. The average Bonchev–Trinajstić information content (AvgIpc) is 2.79. The van der Waals surface area contributed by atoms with E-state index in [1.165, 1.54) is 5.56 Å². The van der Waals surface area contributed by atoms with Gasteiger partial charge in [0.1, 0.15) is 13.2 Å². The molecular formula is C24H28N2O5. The number of ether oxygens (including phenoxy) is 3. The van der Waals surface area contributed by atoms with E-state index in [0.717, 1.165) is 25.2 Å². The molecule has 1 unspecified atom stereocenters. The van der Waals surface area contributed by atoms with Crippen molar-refractivity contribution < 1.29 is 23.8 Å². The largest absolute Gasteiger partial charge is 0.486 e. The van der Waals surface area contributed by atoms with Crippen LogP contribution in [0.3, 0.4) is 0 Å². The van der Waals surface area contributed by atoms with Crippen LogP contribution in [0.1, 0.15) is 18.1 Å². The van der Waals surface area contributed by atoms with Crippen LogP contribution in [-0.4, -0.2) is 67.2 Å². The number of esters is 1. The van der Waals surface area contributed by atoms with Crippen molar-refractivity contribution in [2.45, 2.75) is 26.0 Å². The number of rotatable bonds is 6. The summed E-state index contributed by atoms with van der Waals surface area (Å²) < 4.78 is 16.5. The Labute approximate surface area is 182 Å². The van der Waals surface area contributed by atoms with Crippen LogP contribution in [0.4, 0.5) is 0 Å². The summed E-state index contributed by atoms with van der Waals surface area (Å²) in [6, 6.07) is 15.7. The van der Waals surface area contributed by atoms with Gasteiger partial charge in [-0.25, -0.2) is 0 Å². The quantitative estimate of drug-likeness (QED) is 0.663. The van der Waals surface area contributed by atoms with Gasteiger partial charge in [0.15, 0.2) is 17.6 Å². The fourth-order valence-electron chi connectivity index (χ4n) is 3.88. The lowest BCUT2D eigenvalue weighted by molar-refractivity contribution is -0.159. The smallest absolute Gasteiger partial charge is 0.311 e. The molecule has 0 N–H and O–H groups in total. The molecule has 1 saturated heterocycles. The lowest BCUT2D eigenvalue weighted by Gasteiger charge is -2.35. The van der Waals surface area contributed by atoms with Gasteiger partial charge in [0.2, 0.25) is 0 Å². The first-order valence-electron chi connectivity index (χ1n) is 10.7. The topological polar surface area (TPSA) is 68.3 Å². The Kier molecular flexibility index (Phi) is 6.72. The van der Waals surface area contributed by atoms with Crippen LogP contribution in [0.25, 0.3) is 0 Å². The molecule has 31 heavy (non-hydrogen) atoms. The van der Waals surface area contributed by atoms with Crippen molar-refractivity contribution >= 4 is 11.9 Å². The van der Waals surface area contributed by atoms with Crippen molar-refractivity contribution in [3.05, 3.63) is 59.7 Å². The second kappa shape index (κ2) is 9.83. The molecule has 1 atom stereocenters. The van der Waals surface area contributed by atoms with Gasteiger partial charge in [-0.1, -0.05) is 36.4 Å². The predicted molar refractivity (Wildman–Crippen MR) is 115 cm³/mol. The minimum atomic E-state index is -0.801. The molecule has 2 heterocycles. The molecule has 164 valence electrons. The Morgan fingerprint density at radius 3 is 2.39 bits per heavy atom. The molecule has 2 aliphatic rings. The molecular weight excluding hydrogens is 396 g/mol. The number of nitrogens with zero attached hydrogens (tertiary/aromatic N) is 2. The minimum absolute atomic E-state index is 0.0825. The van der Waals surface area contributed by atoms with Crippen molar-refractivity contribution in [3.8, 4) is 11.5 Å². The number of fused-ring (bicyclic) bond motifs is 1. The first-order chi connectivity index (χ1) is 15.1. The number of hydrogen-bond donors (Lipinski definition) is 0. The molecule has 7 heteroatoms. The first-order valence-corrected chi connectivity index (χ1v) is 10.7. The lowest BCUT2D eigenvalue weighted by atomic mass is 10.1. The molecule has 2 aliphatic heterocycles. The minimum Gasteiger partial charge on any atom is -0.486 e. The summed E-state index contributed by atoms with van der Waals surface area (Å²) in [6.07, 6.45) is -0.718. The molecule has 0 saturated carbocycles. The van der Waals surface area contributed by atoms with Gasteiger partial charge in [0.05, 0.1) is 6.42 Å². The van der Waals surface area contributed by atoms with Gasteiger partial charge in [-0.15, -0.1) is 0 Å². The molecule has 0 spiro atoms. The molecule has 1 amide bonds. The zero-order valence-electron chi connectivity index (χ0n) is 17.8. The summed E-state index contributed by atoms with van der Waals surface area (Å²) >= 11 is 0. The molecule has 0 bridgehead atoms. The van der Waals surface area contributed by atoms with E-state index in [2.05, 4.69) is 17.0 Å². The van der Waals surface area contributed by atoms with Crippen LogP contribution in [-0.2, 0) is 27.3 Å². The Morgan fingerprint density at radius 2 is 1.65 bits per heavy atom. The highest BCUT2D eigenvalue weighted by Crippen LogP contribution is 2.31. The number of benzene rings is 2. The number of piperazine rings is 1. The molecule has 0 aromatic heterocycles. The highest BCUT2D eigenvalue weighted by atomic mass is 16.6. The van der Waals surface area contributed by atoms with Crippen LogP contribution in [0.15, 0.2) is 48.5 Å². The predicted octanol–water partition coefficient (Wildman–Crippen LogP) is 2.28. The fraction of sp³-hybridized carbons (Fsp3) is 0.417. The Morgan fingerprint density at radius 1 is 0.935 bits per heavy atom. The van der Waals surface area contributed by atoms with Crippen molar-refractivity contribution in [3.63, 3.8) is 0 Å². The number of carbonyl (C=O) groups excluding carboxylic acids is 2. The van der Waals surface area contributed by atoms with E-state index in [0.29, 0.717) is 37.8 Å². The van der Waals surface area contributed by atoms with Gasteiger partial charge in [-0.3, -0.25) is 14.5 Å². The normalized spacial score (nSPS) is 17.1. The third kappa shape index (κ3) is 5.55. The van der Waals surface area contributed by atoms with Gasteiger partial charge in [0.25, 0.3) is 5.91 Å². The first kappa shape index (κ1) is 21.2. The van der Waals surface area contributed by atoms with Crippen molar-refractivity contribution in [2.24, 2.45) is 0 Å². The number of amides is 1. The van der Waals surface area contributed by atoms with E-state index in [4.69, 9.17) is 14.2 Å². The molecule has 2 aromatic rings. The standard InChI is InChI=1S/C24H28N2O5/c1-18(31-23(27)16-20-7-8-21-22(15-20)30-14-13-29-21)24(28)26-11-9-25(10-12-26)17-19-5-3-2-4-6-19/h2-8,15,18H,9-14,16-17H2,1H3. The zero-order chi connectivity index (χ0) is 21.6. The number of hydrogen-bond acceptors (Lipinski definition) is 6. The van der Waals surface area contributed by atoms with Crippen molar-refractivity contribution in [2.75, 3.05) is 39.4 Å². The number of carbonyl (C=O) groups is 2. The van der Waals surface area contributed by atoms with Crippen LogP contribution in [0, 0.1) is 0 Å². The summed E-state index contributed by atoms with van der Waals surface area (Å²) in [7, 11) is 0. The van der Waals surface area contributed by atoms with E-state index in [9.17, 15) is 9.59 Å². The van der Waals surface area contributed by atoms with Gasteiger partial charge < -0.3 is 19.1 Å². The molecule has 2 aromatic carbocycles.